The van der Waals surface area contributed by atoms with Gasteiger partial charge in [-0.3, -0.25) is 4.79 Å². The molecule has 0 saturated carbocycles. The zero-order chi connectivity index (χ0) is 20.5. The van der Waals surface area contributed by atoms with E-state index in [1.165, 1.54) is 17.5 Å². The summed E-state index contributed by atoms with van der Waals surface area (Å²) in [5.41, 5.74) is 4.68. The van der Waals surface area contributed by atoms with E-state index in [0.717, 1.165) is 30.6 Å². The highest BCUT2D eigenvalue weighted by molar-refractivity contribution is 5.69. The molecular formula is C26H30N2O. The molecule has 0 unspecified atom stereocenters. The van der Waals surface area contributed by atoms with Gasteiger partial charge in [-0.1, -0.05) is 73.7 Å². The molecule has 29 heavy (non-hydrogen) atoms. The quantitative estimate of drug-likeness (QED) is 0.511. The van der Waals surface area contributed by atoms with Crippen LogP contribution in [0, 0.1) is 0 Å². The molecule has 0 N–H and O–H groups in total. The first-order chi connectivity index (χ1) is 14.1. The van der Waals surface area contributed by atoms with Crippen molar-refractivity contribution in [3.63, 3.8) is 0 Å². The molecule has 0 atom stereocenters. The van der Waals surface area contributed by atoms with Crippen LogP contribution in [0.2, 0.25) is 0 Å². The Hall–Kier alpha value is -2.91. The number of aryl methyl sites for hydroxylation is 2. The fourth-order valence-electron chi connectivity index (χ4n) is 3.40. The van der Waals surface area contributed by atoms with E-state index in [2.05, 4.69) is 43.1 Å². The molecule has 3 heteroatoms. The van der Waals surface area contributed by atoms with Gasteiger partial charge in [-0.25, -0.2) is 0 Å². The van der Waals surface area contributed by atoms with Gasteiger partial charge in [0.25, 0.3) is 5.56 Å². The van der Waals surface area contributed by atoms with Crippen LogP contribution in [0.3, 0.4) is 0 Å². The van der Waals surface area contributed by atoms with Gasteiger partial charge in [-0.2, -0.15) is 0 Å². The minimum atomic E-state index is 0.0398. The molecule has 0 aliphatic heterocycles. The van der Waals surface area contributed by atoms with E-state index >= 15 is 0 Å². The zero-order valence-electron chi connectivity index (χ0n) is 17.4. The Morgan fingerprint density at radius 2 is 1.59 bits per heavy atom. The van der Waals surface area contributed by atoms with Crippen LogP contribution in [-0.4, -0.2) is 23.1 Å². The standard InChI is InChI=1S/C26H30N2O/c1-3-17-27(2)21-25-13-10-23(11-14-25)15-18-28-19-16-24(20-26(28)29)12-9-22-7-5-4-6-8-22/h4-14,16,19-20H,3,15,17-18,21H2,1-2H3. The normalized spacial score (nSPS) is 11.4. The molecule has 0 spiro atoms. The van der Waals surface area contributed by atoms with Crippen molar-refractivity contribution < 1.29 is 0 Å². The van der Waals surface area contributed by atoms with Gasteiger partial charge in [0.2, 0.25) is 0 Å². The van der Waals surface area contributed by atoms with E-state index < -0.39 is 0 Å². The molecule has 0 amide bonds. The van der Waals surface area contributed by atoms with Crippen LogP contribution in [0.15, 0.2) is 77.7 Å². The van der Waals surface area contributed by atoms with Crippen LogP contribution in [0.25, 0.3) is 12.2 Å². The van der Waals surface area contributed by atoms with Gasteiger partial charge in [-0.15, -0.1) is 0 Å². The summed E-state index contributed by atoms with van der Waals surface area (Å²) < 4.78 is 1.78. The number of nitrogens with zero attached hydrogens (tertiary/aromatic N) is 2. The summed E-state index contributed by atoms with van der Waals surface area (Å²) in [5, 5.41) is 0. The molecule has 3 rings (SSSR count). The van der Waals surface area contributed by atoms with E-state index in [9.17, 15) is 4.79 Å². The molecule has 0 fully saturated rings. The monoisotopic (exact) mass is 386 g/mol. The minimum absolute atomic E-state index is 0.0398. The molecule has 1 aromatic heterocycles. The third-order valence-corrected chi connectivity index (χ3v) is 5.01. The molecule has 0 aliphatic rings. The number of benzene rings is 2. The summed E-state index contributed by atoms with van der Waals surface area (Å²) in [5.74, 6) is 0. The van der Waals surface area contributed by atoms with E-state index in [0.29, 0.717) is 6.54 Å². The van der Waals surface area contributed by atoms with Crippen molar-refractivity contribution in [3.05, 3.63) is 106 Å². The van der Waals surface area contributed by atoms with Crippen LogP contribution in [0.1, 0.15) is 35.6 Å². The first-order valence-electron chi connectivity index (χ1n) is 10.3. The molecule has 0 aliphatic carbocycles. The Balaban J connectivity index is 1.57. The average molecular weight is 387 g/mol. The summed E-state index contributed by atoms with van der Waals surface area (Å²) in [7, 11) is 2.16. The first-order valence-corrected chi connectivity index (χ1v) is 10.3. The Bertz CT molecular complexity index is 972. The summed E-state index contributed by atoms with van der Waals surface area (Å²) >= 11 is 0. The third kappa shape index (κ3) is 6.58. The van der Waals surface area contributed by atoms with Crippen molar-refractivity contribution in [2.75, 3.05) is 13.6 Å². The maximum absolute atomic E-state index is 12.4. The maximum Gasteiger partial charge on any atom is 0.251 e. The predicted molar refractivity (Wildman–Crippen MR) is 123 cm³/mol. The highest BCUT2D eigenvalue weighted by Crippen LogP contribution is 2.09. The lowest BCUT2D eigenvalue weighted by Gasteiger charge is -2.15. The predicted octanol–water partition coefficient (Wildman–Crippen LogP) is 5.10. The van der Waals surface area contributed by atoms with E-state index in [1.54, 1.807) is 10.6 Å². The Kier molecular flexibility index (Phi) is 7.60. The van der Waals surface area contributed by atoms with Crippen molar-refractivity contribution in [2.45, 2.75) is 32.9 Å². The van der Waals surface area contributed by atoms with Gasteiger partial charge in [0, 0.05) is 25.4 Å². The van der Waals surface area contributed by atoms with Crippen LogP contribution in [0.5, 0.6) is 0 Å². The molecule has 0 saturated heterocycles. The fraction of sp³-hybridized carbons (Fsp3) is 0.269. The van der Waals surface area contributed by atoms with Crippen molar-refractivity contribution in [1.29, 1.82) is 0 Å². The number of hydrogen-bond donors (Lipinski definition) is 0. The lowest BCUT2D eigenvalue weighted by molar-refractivity contribution is 0.327. The van der Waals surface area contributed by atoms with Crippen molar-refractivity contribution in [1.82, 2.24) is 9.47 Å². The zero-order valence-corrected chi connectivity index (χ0v) is 17.4. The van der Waals surface area contributed by atoms with Crippen molar-refractivity contribution in [3.8, 4) is 0 Å². The topological polar surface area (TPSA) is 25.2 Å². The molecule has 2 aromatic carbocycles. The summed E-state index contributed by atoms with van der Waals surface area (Å²) in [4.78, 5) is 14.8. The van der Waals surface area contributed by atoms with Crippen LogP contribution in [0.4, 0.5) is 0 Å². The van der Waals surface area contributed by atoms with Crippen LogP contribution >= 0.6 is 0 Å². The second kappa shape index (κ2) is 10.6. The number of rotatable bonds is 9. The number of aromatic nitrogens is 1. The van der Waals surface area contributed by atoms with E-state index in [-0.39, 0.29) is 5.56 Å². The van der Waals surface area contributed by atoms with Crippen LogP contribution in [-0.2, 0) is 19.5 Å². The molecule has 3 aromatic rings. The molecule has 0 radical (unpaired) electrons. The van der Waals surface area contributed by atoms with Crippen molar-refractivity contribution in [2.24, 2.45) is 0 Å². The van der Waals surface area contributed by atoms with Gasteiger partial charge in [0.15, 0.2) is 0 Å². The highest BCUT2D eigenvalue weighted by atomic mass is 16.1. The SMILES string of the molecule is CCCN(C)Cc1ccc(CCn2ccc(C=Cc3ccccc3)cc2=O)cc1. The largest absolute Gasteiger partial charge is 0.315 e. The second-order valence-corrected chi connectivity index (χ2v) is 7.54. The van der Waals surface area contributed by atoms with Gasteiger partial charge >= 0.3 is 0 Å². The first kappa shape index (κ1) is 20.8. The number of hydrogen-bond acceptors (Lipinski definition) is 2. The summed E-state index contributed by atoms with van der Waals surface area (Å²) in [6.07, 6.45) is 7.92. The number of pyridine rings is 1. The van der Waals surface area contributed by atoms with Gasteiger partial charge in [-0.05, 0) is 54.8 Å². The minimum Gasteiger partial charge on any atom is -0.315 e. The maximum atomic E-state index is 12.4. The van der Waals surface area contributed by atoms with Gasteiger partial charge in [0.1, 0.15) is 0 Å². The molecule has 1 heterocycles. The molecule has 0 bridgehead atoms. The molecule has 3 nitrogen and oxygen atoms in total. The Morgan fingerprint density at radius 3 is 2.28 bits per heavy atom. The average Bonchev–Trinajstić information content (AvgIpc) is 2.73. The lowest BCUT2D eigenvalue weighted by atomic mass is 10.1. The van der Waals surface area contributed by atoms with E-state index in [1.807, 2.05) is 54.7 Å². The Morgan fingerprint density at radius 1 is 0.897 bits per heavy atom. The molecular weight excluding hydrogens is 356 g/mol. The summed E-state index contributed by atoms with van der Waals surface area (Å²) in [6, 6.07) is 22.5. The molecule has 150 valence electrons. The Labute approximate surface area is 173 Å². The van der Waals surface area contributed by atoms with Gasteiger partial charge < -0.3 is 9.47 Å². The third-order valence-electron chi connectivity index (χ3n) is 5.01. The fourth-order valence-corrected chi connectivity index (χ4v) is 3.40. The van der Waals surface area contributed by atoms with Crippen molar-refractivity contribution >= 4 is 12.2 Å². The summed E-state index contributed by atoms with van der Waals surface area (Å²) in [6.45, 7) is 4.98. The lowest BCUT2D eigenvalue weighted by Crippen LogP contribution is -2.20. The van der Waals surface area contributed by atoms with E-state index in [4.69, 9.17) is 0 Å². The highest BCUT2D eigenvalue weighted by Gasteiger charge is 2.02. The smallest absolute Gasteiger partial charge is 0.251 e. The van der Waals surface area contributed by atoms with Gasteiger partial charge in [0.05, 0.1) is 0 Å². The second-order valence-electron chi connectivity index (χ2n) is 7.54. The van der Waals surface area contributed by atoms with Crippen LogP contribution < -0.4 is 5.56 Å².